The van der Waals surface area contributed by atoms with Gasteiger partial charge in [0.1, 0.15) is 0 Å². The molecule has 3 nitrogen and oxygen atoms in total. The van der Waals surface area contributed by atoms with Crippen LogP contribution in [0.4, 0.5) is 0 Å². The summed E-state index contributed by atoms with van der Waals surface area (Å²) in [5.41, 5.74) is 5.46. The highest BCUT2D eigenvalue weighted by Gasteiger charge is 2.26. The van der Waals surface area contributed by atoms with Crippen molar-refractivity contribution >= 4 is 0 Å². The van der Waals surface area contributed by atoms with Crippen molar-refractivity contribution in [3.63, 3.8) is 0 Å². The second-order valence-corrected chi connectivity index (χ2v) is 4.61. The van der Waals surface area contributed by atoms with Gasteiger partial charge in [-0.1, -0.05) is 13.3 Å². The minimum Gasteiger partial charge on any atom is -0.394 e. The van der Waals surface area contributed by atoms with Gasteiger partial charge in [-0.05, 0) is 25.8 Å². The monoisotopic (exact) mass is 186 g/mol. The molecule has 0 spiro atoms. The first-order valence-electron chi connectivity index (χ1n) is 5.19. The fraction of sp³-hybridized carbons (Fsp3) is 1.00. The van der Waals surface area contributed by atoms with E-state index in [1.807, 2.05) is 6.92 Å². The molecule has 0 amide bonds. The third-order valence-electron chi connectivity index (χ3n) is 2.89. The third kappa shape index (κ3) is 3.25. The molecule has 1 aliphatic rings. The number of nitrogens with two attached hydrogens (primary N) is 1. The lowest BCUT2D eigenvalue weighted by atomic mass is 10.0. The molecule has 0 bridgehead atoms. The molecule has 2 unspecified atom stereocenters. The van der Waals surface area contributed by atoms with Crippen molar-refractivity contribution in [1.82, 2.24) is 4.90 Å². The number of aliphatic hydroxyl groups is 1. The van der Waals surface area contributed by atoms with Crippen LogP contribution in [0.1, 0.15) is 26.7 Å². The molecule has 0 aromatic rings. The van der Waals surface area contributed by atoms with Crippen molar-refractivity contribution in [2.45, 2.75) is 32.2 Å². The van der Waals surface area contributed by atoms with Gasteiger partial charge in [0.25, 0.3) is 0 Å². The SMILES string of the molecule is CCC1CCN(CC(C)(N)CO)C1. The average molecular weight is 186 g/mol. The molecule has 0 aromatic heterocycles. The van der Waals surface area contributed by atoms with E-state index in [1.165, 1.54) is 12.8 Å². The Labute approximate surface area is 80.9 Å². The first-order valence-corrected chi connectivity index (χ1v) is 5.19. The summed E-state index contributed by atoms with van der Waals surface area (Å²) < 4.78 is 0. The van der Waals surface area contributed by atoms with Gasteiger partial charge in [0.15, 0.2) is 0 Å². The van der Waals surface area contributed by atoms with Crippen molar-refractivity contribution in [3.8, 4) is 0 Å². The molecule has 13 heavy (non-hydrogen) atoms. The van der Waals surface area contributed by atoms with E-state index in [1.54, 1.807) is 0 Å². The highest BCUT2D eigenvalue weighted by Crippen LogP contribution is 2.20. The Morgan fingerprint density at radius 2 is 2.31 bits per heavy atom. The minimum atomic E-state index is -0.428. The Morgan fingerprint density at radius 3 is 2.77 bits per heavy atom. The predicted octanol–water partition coefficient (Wildman–Crippen LogP) is 0.428. The van der Waals surface area contributed by atoms with Crippen molar-refractivity contribution in [2.75, 3.05) is 26.2 Å². The van der Waals surface area contributed by atoms with Gasteiger partial charge in [-0.25, -0.2) is 0 Å². The lowest BCUT2D eigenvalue weighted by Crippen LogP contribution is -2.50. The van der Waals surface area contributed by atoms with Gasteiger partial charge < -0.3 is 15.7 Å². The number of likely N-dealkylation sites (tertiary alicyclic amines) is 1. The van der Waals surface area contributed by atoms with E-state index in [0.29, 0.717) is 0 Å². The van der Waals surface area contributed by atoms with E-state index in [9.17, 15) is 0 Å². The molecule has 0 aromatic carbocycles. The van der Waals surface area contributed by atoms with Crippen LogP contribution in [0.15, 0.2) is 0 Å². The average Bonchev–Trinajstić information content (AvgIpc) is 2.52. The van der Waals surface area contributed by atoms with E-state index in [0.717, 1.165) is 25.6 Å². The standard InChI is InChI=1S/C10H22N2O/c1-3-9-4-5-12(6-9)7-10(2,11)8-13/h9,13H,3-8,11H2,1-2H3. The summed E-state index contributed by atoms with van der Waals surface area (Å²) in [4.78, 5) is 2.37. The molecule has 1 aliphatic heterocycles. The molecule has 2 atom stereocenters. The van der Waals surface area contributed by atoms with Crippen LogP contribution in [-0.4, -0.2) is 41.8 Å². The van der Waals surface area contributed by atoms with Gasteiger partial charge in [0.05, 0.1) is 6.61 Å². The van der Waals surface area contributed by atoms with Gasteiger partial charge >= 0.3 is 0 Å². The summed E-state index contributed by atoms with van der Waals surface area (Å²) in [6.45, 7) is 7.34. The van der Waals surface area contributed by atoms with Crippen LogP contribution in [-0.2, 0) is 0 Å². The maximum absolute atomic E-state index is 9.03. The molecular weight excluding hydrogens is 164 g/mol. The van der Waals surface area contributed by atoms with Gasteiger partial charge in [-0.3, -0.25) is 0 Å². The zero-order chi connectivity index (χ0) is 9.90. The number of rotatable bonds is 4. The Hall–Kier alpha value is -0.120. The lowest BCUT2D eigenvalue weighted by Gasteiger charge is -2.28. The van der Waals surface area contributed by atoms with Gasteiger partial charge in [-0.2, -0.15) is 0 Å². The largest absolute Gasteiger partial charge is 0.394 e. The summed E-state index contributed by atoms with van der Waals surface area (Å²) in [5, 5.41) is 9.03. The maximum atomic E-state index is 9.03. The van der Waals surface area contributed by atoms with Crippen molar-refractivity contribution in [1.29, 1.82) is 0 Å². The van der Waals surface area contributed by atoms with Crippen LogP contribution in [0.5, 0.6) is 0 Å². The molecule has 3 heteroatoms. The summed E-state index contributed by atoms with van der Waals surface area (Å²) in [7, 11) is 0. The Balaban J connectivity index is 2.31. The van der Waals surface area contributed by atoms with E-state index < -0.39 is 5.54 Å². The van der Waals surface area contributed by atoms with Crippen LogP contribution in [0.25, 0.3) is 0 Å². The highest BCUT2D eigenvalue weighted by molar-refractivity contribution is 4.85. The smallest absolute Gasteiger partial charge is 0.0621 e. The van der Waals surface area contributed by atoms with Crippen molar-refractivity contribution in [3.05, 3.63) is 0 Å². The van der Waals surface area contributed by atoms with Crippen LogP contribution >= 0.6 is 0 Å². The van der Waals surface area contributed by atoms with E-state index in [4.69, 9.17) is 10.8 Å². The van der Waals surface area contributed by atoms with E-state index in [2.05, 4.69) is 11.8 Å². The van der Waals surface area contributed by atoms with Gasteiger partial charge in [0, 0.05) is 18.6 Å². The zero-order valence-corrected chi connectivity index (χ0v) is 8.79. The fourth-order valence-electron chi connectivity index (χ4n) is 1.95. The molecule has 3 N–H and O–H groups in total. The van der Waals surface area contributed by atoms with E-state index >= 15 is 0 Å². The Bertz CT molecular complexity index is 159. The van der Waals surface area contributed by atoms with Crippen molar-refractivity contribution in [2.24, 2.45) is 11.7 Å². The maximum Gasteiger partial charge on any atom is 0.0621 e. The van der Waals surface area contributed by atoms with Crippen LogP contribution in [0, 0.1) is 5.92 Å². The minimum absolute atomic E-state index is 0.0697. The normalized spacial score (nSPS) is 29.1. The summed E-state index contributed by atoms with van der Waals surface area (Å²) in [5.74, 6) is 0.842. The van der Waals surface area contributed by atoms with Crippen molar-refractivity contribution < 1.29 is 5.11 Å². The zero-order valence-electron chi connectivity index (χ0n) is 8.79. The molecule has 1 rings (SSSR count). The molecule has 0 radical (unpaired) electrons. The number of nitrogens with zero attached hydrogens (tertiary/aromatic N) is 1. The second kappa shape index (κ2) is 4.40. The van der Waals surface area contributed by atoms with Crippen LogP contribution < -0.4 is 5.73 Å². The number of hydrogen-bond donors (Lipinski definition) is 2. The van der Waals surface area contributed by atoms with Crippen LogP contribution in [0.2, 0.25) is 0 Å². The van der Waals surface area contributed by atoms with Gasteiger partial charge in [0.2, 0.25) is 0 Å². The molecule has 78 valence electrons. The predicted molar refractivity (Wildman–Crippen MR) is 54.5 cm³/mol. The number of hydrogen-bond acceptors (Lipinski definition) is 3. The molecule has 1 heterocycles. The molecular formula is C10H22N2O. The summed E-state index contributed by atoms with van der Waals surface area (Å²) >= 11 is 0. The highest BCUT2D eigenvalue weighted by atomic mass is 16.3. The topological polar surface area (TPSA) is 49.5 Å². The van der Waals surface area contributed by atoms with E-state index in [-0.39, 0.29) is 6.61 Å². The first-order chi connectivity index (χ1) is 6.07. The third-order valence-corrected chi connectivity index (χ3v) is 2.89. The molecule has 0 aliphatic carbocycles. The molecule has 1 saturated heterocycles. The van der Waals surface area contributed by atoms with Crippen LogP contribution in [0.3, 0.4) is 0 Å². The second-order valence-electron chi connectivity index (χ2n) is 4.61. The Morgan fingerprint density at radius 1 is 1.62 bits per heavy atom. The summed E-state index contributed by atoms with van der Waals surface area (Å²) in [6.07, 6.45) is 2.55. The molecule has 1 fully saturated rings. The van der Waals surface area contributed by atoms with Gasteiger partial charge in [-0.15, -0.1) is 0 Å². The Kier molecular flexibility index (Phi) is 3.71. The summed E-state index contributed by atoms with van der Waals surface area (Å²) in [6, 6.07) is 0. The fourth-order valence-corrected chi connectivity index (χ4v) is 1.95. The number of aliphatic hydroxyl groups excluding tert-OH is 1. The lowest BCUT2D eigenvalue weighted by molar-refractivity contribution is 0.160. The quantitative estimate of drug-likeness (QED) is 0.669. The first kappa shape index (κ1) is 11.0. The molecule has 0 saturated carbocycles.